The van der Waals surface area contributed by atoms with Gasteiger partial charge >= 0.3 is 0 Å². The van der Waals surface area contributed by atoms with Crippen LogP contribution in [0.2, 0.25) is 0 Å². The van der Waals surface area contributed by atoms with E-state index in [-0.39, 0.29) is 23.9 Å². The highest BCUT2D eigenvalue weighted by molar-refractivity contribution is 6.01. The summed E-state index contributed by atoms with van der Waals surface area (Å²) in [6.07, 6.45) is 4.97. The lowest BCUT2D eigenvalue weighted by Gasteiger charge is -2.39. The highest BCUT2D eigenvalue weighted by Gasteiger charge is 2.41. The standard InChI is InChI=1S/C21H20N2O3/c1-21(2)9-15-20(16(24)10-21)19(12-3-5-22-6-4-12)13-7-17-18(26-11-25-17)8-14(13)23-15/h3-8,19,23H,9-11H2,1-2H3/t19-/m0/s1. The third-order valence-corrected chi connectivity index (χ3v) is 5.39. The summed E-state index contributed by atoms with van der Waals surface area (Å²) in [5, 5.41) is 3.52. The molecule has 5 rings (SSSR count). The molecule has 132 valence electrons. The molecule has 2 aliphatic heterocycles. The van der Waals surface area contributed by atoms with Crippen molar-refractivity contribution in [3.63, 3.8) is 0 Å². The van der Waals surface area contributed by atoms with E-state index in [1.54, 1.807) is 12.4 Å². The van der Waals surface area contributed by atoms with Crippen molar-refractivity contribution >= 4 is 11.5 Å². The van der Waals surface area contributed by atoms with Gasteiger partial charge in [0, 0.05) is 47.8 Å². The fourth-order valence-electron chi connectivity index (χ4n) is 4.31. The van der Waals surface area contributed by atoms with E-state index in [9.17, 15) is 4.79 Å². The van der Waals surface area contributed by atoms with Crippen LogP contribution in [0.3, 0.4) is 0 Å². The summed E-state index contributed by atoms with van der Waals surface area (Å²) in [4.78, 5) is 17.2. The molecule has 0 fully saturated rings. The number of fused-ring (bicyclic) bond motifs is 2. The van der Waals surface area contributed by atoms with Gasteiger partial charge in [0.15, 0.2) is 17.3 Å². The Hall–Kier alpha value is -2.82. The van der Waals surface area contributed by atoms with E-state index in [2.05, 4.69) is 24.1 Å². The van der Waals surface area contributed by atoms with Crippen molar-refractivity contribution in [1.82, 2.24) is 4.98 Å². The zero-order valence-electron chi connectivity index (χ0n) is 14.8. The van der Waals surface area contributed by atoms with Crippen molar-refractivity contribution < 1.29 is 14.3 Å². The predicted molar refractivity (Wildman–Crippen MR) is 97.3 cm³/mol. The van der Waals surface area contributed by atoms with Crippen molar-refractivity contribution in [3.8, 4) is 11.5 Å². The smallest absolute Gasteiger partial charge is 0.231 e. The first-order valence-corrected chi connectivity index (χ1v) is 8.89. The molecule has 0 unspecified atom stereocenters. The number of anilines is 1. The monoisotopic (exact) mass is 348 g/mol. The van der Waals surface area contributed by atoms with Gasteiger partial charge in [-0.15, -0.1) is 0 Å². The van der Waals surface area contributed by atoms with Gasteiger partial charge in [-0.1, -0.05) is 13.8 Å². The molecule has 5 nitrogen and oxygen atoms in total. The van der Waals surface area contributed by atoms with Crippen LogP contribution in [-0.4, -0.2) is 17.6 Å². The van der Waals surface area contributed by atoms with Gasteiger partial charge in [-0.3, -0.25) is 9.78 Å². The number of rotatable bonds is 1. The number of benzene rings is 1. The number of ether oxygens (including phenoxy) is 2. The molecule has 3 aliphatic rings. The van der Waals surface area contributed by atoms with E-state index in [0.717, 1.165) is 46.0 Å². The second kappa shape index (κ2) is 5.34. The van der Waals surface area contributed by atoms with Crippen LogP contribution in [0.5, 0.6) is 11.5 Å². The van der Waals surface area contributed by atoms with E-state index in [1.165, 1.54) is 0 Å². The Morgan fingerprint density at radius 1 is 1.12 bits per heavy atom. The fourth-order valence-corrected chi connectivity index (χ4v) is 4.31. The first-order valence-electron chi connectivity index (χ1n) is 8.89. The van der Waals surface area contributed by atoms with Crippen molar-refractivity contribution in [1.29, 1.82) is 0 Å². The maximum Gasteiger partial charge on any atom is 0.231 e. The molecular formula is C21H20N2O3. The zero-order valence-corrected chi connectivity index (χ0v) is 14.8. The number of nitrogens with one attached hydrogen (secondary N) is 1. The van der Waals surface area contributed by atoms with Crippen molar-refractivity contribution in [3.05, 3.63) is 59.1 Å². The van der Waals surface area contributed by atoms with Gasteiger partial charge in [0.25, 0.3) is 0 Å². The van der Waals surface area contributed by atoms with Gasteiger partial charge < -0.3 is 14.8 Å². The molecule has 0 spiro atoms. The van der Waals surface area contributed by atoms with E-state index < -0.39 is 0 Å². The summed E-state index contributed by atoms with van der Waals surface area (Å²) in [5.74, 6) is 1.59. The fraction of sp³-hybridized carbons (Fsp3) is 0.333. The third kappa shape index (κ3) is 2.30. The summed E-state index contributed by atoms with van der Waals surface area (Å²) in [5.41, 5.74) is 4.97. The number of Topliss-reactive ketones (excluding diaryl/α,β-unsaturated/α-hetero) is 1. The second-order valence-corrected chi connectivity index (χ2v) is 7.96. The SMILES string of the molecule is CC1(C)CC(=O)C2=C(C1)Nc1cc3c(cc1[C@@H]2c1ccncc1)OCO3. The van der Waals surface area contributed by atoms with Crippen LogP contribution in [-0.2, 0) is 4.79 Å². The topological polar surface area (TPSA) is 60.5 Å². The Balaban J connectivity index is 1.73. The summed E-state index contributed by atoms with van der Waals surface area (Å²) < 4.78 is 11.1. The van der Waals surface area contributed by atoms with E-state index in [0.29, 0.717) is 6.42 Å². The molecule has 2 aromatic rings. The first-order chi connectivity index (χ1) is 12.5. The van der Waals surface area contributed by atoms with Crippen LogP contribution < -0.4 is 14.8 Å². The molecule has 1 aromatic heterocycles. The van der Waals surface area contributed by atoms with Gasteiger partial charge in [0.1, 0.15) is 0 Å². The number of ketones is 1. The number of aromatic nitrogens is 1. The van der Waals surface area contributed by atoms with E-state index >= 15 is 0 Å². The van der Waals surface area contributed by atoms with Crippen LogP contribution in [0.4, 0.5) is 5.69 Å². The lowest BCUT2D eigenvalue weighted by atomic mass is 9.69. The molecule has 0 amide bonds. The second-order valence-electron chi connectivity index (χ2n) is 7.96. The summed E-state index contributed by atoms with van der Waals surface area (Å²) in [6, 6.07) is 7.97. The van der Waals surface area contributed by atoms with Crippen molar-refractivity contribution in [2.75, 3.05) is 12.1 Å². The Labute approximate surface area is 152 Å². The number of hydrogen-bond acceptors (Lipinski definition) is 5. The Morgan fingerprint density at radius 3 is 2.62 bits per heavy atom. The summed E-state index contributed by atoms with van der Waals surface area (Å²) in [6.45, 7) is 4.52. The number of allylic oxidation sites excluding steroid dienone is 2. The van der Waals surface area contributed by atoms with Crippen LogP contribution in [0.15, 0.2) is 47.9 Å². The summed E-state index contributed by atoms with van der Waals surface area (Å²) >= 11 is 0. The van der Waals surface area contributed by atoms with E-state index in [4.69, 9.17) is 9.47 Å². The average molecular weight is 348 g/mol. The van der Waals surface area contributed by atoms with Crippen LogP contribution in [0, 0.1) is 5.41 Å². The largest absolute Gasteiger partial charge is 0.454 e. The minimum absolute atomic E-state index is 0.0421. The number of carbonyl (C=O) groups is 1. The molecule has 0 saturated carbocycles. The highest BCUT2D eigenvalue weighted by atomic mass is 16.7. The molecule has 0 saturated heterocycles. The van der Waals surface area contributed by atoms with Crippen molar-refractivity contribution in [2.24, 2.45) is 5.41 Å². The number of nitrogens with zero attached hydrogens (tertiary/aromatic N) is 1. The lowest BCUT2D eigenvalue weighted by molar-refractivity contribution is -0.118. The van der Waals surface area contributed by atoms with Gasteiger partial charge in [0.05, 0.1) is 0 Å². The third-order valence-electron chi connectivity index (χ3n) is 5.39. The molecule has 1 atom stereocenters. The predicted octanol–water partition coefficient (Wildman–Crippen LogP) is 4.01. The van der Waals surface area contributed by atoms with Crippen LogP contribution in [0.1, 0.15) is 43.7 Å². The Kier molecular flexibility index (Phi) is 3.17. The highest BCUT2D eigenvalue weighted by Crippen LogP contribution is 2.51. The Bertz CT molecular complexity index is 947. The van der Waals surface area contributed by atoms with Gasteiger partial charge in [-0.2, -0.15) is 0 Å². The zero-order chi connectivity index (χ0) is 17.9. The maximum absolute atomic E-state index is 13.1. The number of pyridine rings is 1. The molecule has 26 heavy (non-hydrogen) atoms. The molecule has 1 aromatic carbocycles. The normalized spacial score (nSPS) is 22.5. The van der Waals surface area contributed by atoms with E-state index in [1.807, 2.05) is 24.3 Å². The molecule has 0 radical (unpaired) electrons. The molecular weight excluding hydrogens is 328 g/mol. The van der Waals surface area contributed by atoms with Crippen molar-refractivity contribution in [2.45, 2.75) is 32.6 Å². The lowest BCUT2D eigenvalue weighted by Crippen LogP contribution is -2.33. The van der Waals surface area contributed by atoms with Crippen LogP contribution >= 0.6 is 0 Å². The molecule has 5 heteroatoms. The number of carbonyl (C=O) groups excluding carboxylic acids is 1. The summed E-state index contributed by atoms with van der Waals surface area (Å²) in [7, 11) is 0. The first kappa shape index (κ1) is 15.4. The quantitative estimate of drug-likeness (QED) is 0.844. The average Bonchev–Trinajstić information content (AvgIpc) is 3.05. The molecule has 0 bridgehead atoms. The van der Waals surface area contributed by atoms with Gasteiger partial charge in [-0.25, -0.2) is 0 Å². The van der Waals surface area contributed by atoms with Gasteiger partial charge in [-0.05, 0) is 41.2 Å². The Morgan fingerprint density at radius 2 is 1.85 bits per heavy atom. The molecule has 3 heterocycles. The number of hydrogen-bond donors (Lipinski definition) is 1. The molecule has 1 aliphatic carbocycles. The maximum atomic E-state index is 13.1. The van der Waals surface area contributed by atoms with Gasteiger partial charge in [0.2, 0.25) is 6.79 Å². The minimum atomic E-state index is -0.109. The minimum Gasteiger partial charge on any atom is -0.454 e. The van der Waals surface area contributed by atoms with Crippen LogP contribution in [0.25, 0.3) is 0 Å². The molecule has 1 N–H and O–H groups in total.